The molecular weight excluding hydrogens is 278 g/mol. The highest BCUT2D eigenvalue weighted by molar-refractivity contribution is 7.11. The van der Waals surface area contributed by atoms with E-state index in [2.05, 4.69) is 43.0 Å². The molecule has 2 aromatic heterocycles. The van der Waals surface area contributed by atoms with Gasteiger partial charge in [0.15, 0.2) is 0 Å². The van der Waals surface area contributed by atoms with Crippen LogP contribution in [0.25, 0.3) is 16.8 Å². The van der Waals surface area contributed by atoms with Gasteiger partial charge in [-0.25, -0.2) is 4.98 Å². The minimum Gasteiger partial charge on any atom is -0.351 e. The molecule has 1 aliphatic rings. The summed E-state index contributed by atoms with van der Waals surface area (Å²) < 4.78 is 2.18. The molecule has 3 rings (SSSR count). The Morgan fingerprint density at radius 2 is 2.05 bits per heavy atom. The van der Waals surface area contributed by atoms with Crippen LogP contribution in [-0.2, 0) is 7.05 Å². The normalized spacial score (nSPS) is 14.5. The summed E-state index contributed by atoms with van der Waals surface area (Å²) in [5.41, 5.74) is 6.71. The van der Waals surface area contributed by atoms with E-state index in [1.807, 2.05) is 0 Å². The number of aromatic nitrogens is 2. The first-order chi connectivity index (χ1) is 10.1. The van der Waals surface area contributed by atoms with E-state index in [9.17, 15) is 5.26 Å². The lowest BCUT2D eigenvalue weighted by molar-refractivity contribution is 0.845. The largest absolute Gasteiger partial charge is 0.351 e. The average Bonchev–Trinajstić information content (AvgIpc) is 3.19. The SMILES string of the molecule is Cc1cc(-c2csc(C(C#N)=C3CCCC3)n2)c(C)n1C. The maximum absolute atomic E-state index is 9.48. The van der Waals surface area contributed by atoms with E-state index in [1.165, 1.54) is 35.4 Å². The number of rotatable bonds is 2. The molecule has 0 aromatic carbocycles. The number of thiazole rings is 1. The zero-order valence-corrected chi connectivity index (χ0v) is 13.5. The summed E-state index contributed by atoms with van der Waals surface area (Å²) in [5.74, 6) is 0. The van der Waals surface area contributed by atoms with Crippen molar-refractivity contribution >= 4 is 16.9 Å². The van der Waals surface area contributed by atoms with Gasteiger partial charge in [0.05, 0.1) is 11.3 Å². The van der Waals surface area contributed by atoms with Gasteiger partial charge in [-0.15, -0.1) is 11.3 Å². The van der Waals surface area contributed by atoms with Crippen LogP contribution >= 0.6 is 11.3 Å². The Labute approximate surface area is 129 Å². The molecule has 0 amide bonds. The summed E-state index contributed by atoms with van der Waals surface area (Å²) in [6.07, 6.45) is 4.52. The van der Waals surface area contributed by atoms with E-state index in [1.54, 1.807) is 11.3 Å². The fourth-order valence-electron chi connectivity index (χ4n) is 2.96. The van der Waals surface area contributed by atoms with E-state index in [0.717, 1.165) is 29.1 Å². The van der Waals surface area contributed by atoms with Gasteiger partial charge in [-0.1, -0.05) is 0 Å². The van der Waals surface area contributed by atoms with Crippen molar-refractivity contribution in [2.75, 3.05) is 0 Å². The summed E-state index contributed by atoms with van der Waals surface area (Å²) in [7, 11) is 2.07. The molecule has 0 N–H and O–H groups in total. The Bertz CT molecular complexity index is 748. The summed E-state index contributed by atoms with van der Waals surface area (Å²) in [6, 6.07) is 4.55. The van der Waals surface area contributed by atoms with Crippen LogP contribution in [0.4, 0.5) is 0 Å². The van der Waals surface area contributed by atoms with Crippen LogP contribution in [-0.4, -0.2) is 9.55 Å². The van der Waals surface area contributed by atoms with Gasteiger partial charge >= 0.3 is 0 Å². The minimum atomic E-state index is 0.814. The molecule has 4 heteroatoms. The van der Waals surface area contributed by atoms with E-state index in [4.69, 9.17) is 4.98 Å². The Morgan fingerprint density at radius 1 is 1.33 bits per heavy atom. The maximum atomic E-state index is 9.48. The molecule has 21 heavy (non-hydrogen) atoms. The highest BCUT2D eigenvalue weighted by atomic mass is 32.1. The van der Waals surface area contributed by atoms with Crippen LogP contribution in [0.5, 0.6) is 0 Å². The number of hydrogen-bond donors (Lipinski definition) is 0. The third-order valence-corrected chi connectivity index (χ3v) is 5.30. The molecule has 0 radical (unpaired) electrons. The van der Waals surface area contributed by atoms with Gasteiger partial charge in [0.25, 0.3) is 0 Å². The van der Waals surface area contributed by atoms with Crippen molar-refractivity contribution in [2.45, 2.75) is 39.5 Å². The van der Waals surface area contributed by atoms with Gasteiger partial charge in [-0.3, -0.25) is 0 Å². The standard InChI is InChI=1S/C17H19N3S/c1-11-8-14(12(2)20(11)3)16-10-21-17(19-16)15(9-18)13-6-4-5-7-13/h8,10H,4-7H2,1-3H3. The highest BCUT2D eigenvalue weighted by Crippen LogP contribution is 2.35. The quantitative estimate of drug-likeness (QED) is 0.759. The van der Waals surface area contributed by atoms with Gasteiger partial charge in [0.1, 0.15) is 11.1 Å². The number of nitrogens with zero attached hydrogens (tertiary/aromatic N) is 3. The summed E-state index contributed by atoms with van der Waals surface area (Å²) in [6.45, 7) is 4.22. The monoisotopic (exact) mass is 297 g/mol. The van der Waals surface area contributed by atoms with Crippen LogP contribution in [0.1, 0.15) is 42.1 Å². The van der Waals surface area contributed by atoms with Gasteiger partial charge in [0, 0.05) is 29.4 Å². The molecule has 0 atom stereocenters. The number of hydrogen-bond acceptors (Lipinski definition) is 3. The van der Waals surface area contributed by atoms with E-state index < -0.39 is 0 Å². The van der Waals surface area contributed by atoms with Crippen LogP contribution in [0.3, 0.4) is 0 Å². The van der Waals surface area contributed by atoms with E-state index >= 15 is 0 Å². The second kappa shape index (κ2) is 5.50. The van der Waals surface area contributed by atoms with E-state index in [-0.39, 0.29) is 0 Å². The zero-order valence-electron chi connectivity index (χ0n) is 12.7. The van der Waals surface area contributed by atoms with Gasteiger partial charge < -0.3 is 4.57 Å². The van der Waals surface area contributed by atoms with Crippen molar-refractivity contribution in [2.24, 2.45) is 7.05 Å². The molecule has 0 aliphatic heterocycles. The molecule has 1 aliphatic carbocycles. The molecule has 1 saturated carbocycles. The molecule has 0 saturated heterocycles. The third kappa shape index (κ3) is 2.43. The van der Waals surface area contributed by atoms with Crippen molar-refractivity contribution in [3.05, 3.63) is 33.4 Å². The smallest absolute Gasteiger partial charge is 0.134 e. The third-order valence-electron chi connectivity index (χ3n) is 4.44. The Hall–Kier alpha value is -1.86. The lowest BCUT2D eigenvalue weighted by atomic mass is 10.1. The Balaban J connectivity index is 2.02. The van der Waals surface area contributed by atoms with Crippen molar-refractivity contribution < 1.29 is 0 Å². The predicted octanol–water partition coefficient (Wildman–Crippen LogP) is 4.62. The highest BCUT2D eigenvalue weighted by Gasteiger charge is 2.18. The number of nitriles is 1. The first-order valence-corrected chi connectivity index (χ1v) is 8.21. The maximum Gasteiger partial charge on any atom is 0.134 e. The van der Waals surface area contributed by atoms with Crippen LogP contribution in [0, 0.1) is 25.2 Å². The summed E-state index contributed by atoms with van der Waals surface area (Å²) in [4.78, 5) is 4.74. The molecule has 0 spiro atoms. The molecule has 108 valence electrons. The Kier molecular flexibility index (Phi) is 3.69. The van der Waals surface area contributed by atoms with Crippen LogP contribution < -0.4 is 0 Å². The molecule has 0 bridgehead atoms. The van der Waals surface area contributed by atoms with Crippen LogP contribution in [0.15, 0.2) is 17.0 Å². The first kappa shape index (κ1) is 14.1. The zero-order chi connectivity index (χ0) is 15.0. The average molecular weight is 297 g/mol. The van der Waals surface area contributed by atoms with Gasteiger partial charge in [0.2, 0.25) is 0 Å². The minimum absolute atomic E-state index is 0.814. The summed E-state index contributed by atoms with van der Waals surface area (Å²) in [5, 5.41) is 12.4. The fraction of sp³-hybridized carbons (Fsp3) is 0.412. The molecule has 0 unspecified atom stereocenters. The Morgan fingerprint density at radius 3 is 2.62 bits per heavy atom. The van der Waals surface area contributed by atoms with Crippen molar-refractivity contribution in [3.8, 4) is 17.3 Å². The van der Waals surface area contributed by atoms with Gasteiger partial charge in [-0.2, -0.15) is 5.26 Å². The first-order valence-electron chi connectivity index (χ1n) is 7.33. The van der Waals surface area contributed by atoms with Crippen LogP contribution in [0.2, 0.25) is 0 Å². The van der Waals surface area contributed by atoms with Gasteiger partial charge in [-0.05, 0) is 51.2 Å². The van der Waals surface area contributed by atoms with E-state index in [0.29, 0.717) is 0 Å². The second-order valence-corrected chi connectivity index (χ2v) is 6.54. The topological polar surface area (TPSA) is 41.6 Å². The van der Waals surface area contributed by atoms with Crippen molar-refractivity contribution in [1.82, 2.24) is 9.55 Å². The second-order valence-electron chi connectivity index (χ2n) is 5.68. The lowest BCUT2D eigenvalue weighted by Gasteiger charge is -2.00. The van der Waals surface area contributed by atoms with Crippen molar-refractivity contribution in [3.63, 3.8) is 0 Å². The molecule has 2 heterocycles. The summed E-state index contributed by atoms with van der Waals surface area (Å²) >= 11 is 1.59. The lowest BCUT2D eigenvalue weighted by Crippen LogP contribution is -1.93. The number of allylic oxidation sites excluding steroid dienone is 2. The molecule has 3 nitrogen and oxygen atoms in total. The predicted molar refractivity (Wildman–Crippen MR) is 87.0 cm³/mol. The molecule has 2 aromatic rings. The molecule has 1 fully saturated rings. The van der Waals surface area contributed by atoms with Crippen molar-refractivity contribution in [1.29, 1.82) is 5.26 Å². The molecular formula is C17H19N3S. The fourth-order valence-corrected chi connectivity index (χ4v) is 3.82. The number of aryl methyl sites for hydroxylation is 1.